The molecule has 162 valence electrons. The molecule has 1 aliphatic rings. The molecule has 31 heavy (non-hydrogen) atoms. The molecular weight excluding hydrogens is 412 g/mol. The van der Waals surface area contributed by atoms with Gasteiger partial charge in [-0.05, 0) is 53.4 Å². The first-order valence-corrected chi connectivity index (χ1v) is 11.9. The van der Waals surface area contributed by atoms with Crippen molar-refractivity contribution in [3.05, 3.63) is 77.9 Å². The van der Waals surface area contributed by atoms with Crippen molar-refractivity contribution in [3.8, 4) is 0 Å². The minimum Gasteiger partial charge on any atom is -0.387 e. The second-order valence-electron chi connectivity index (χ2n) is 7.78. The smallest absolute Gasteiger partial charge is 0.251 e. The number of amides is 1. The van der Waals surface area contributed by atoms with Crippen LogP contribution in [-0.2, 0) is 10.0 Å². The zero-order valence-corrected chi connectivity index (χ0v) is 18.0. The van der Waals surface area contributed by atoms with Crippen LogP contribution in [0.1, 0.15) is 41.3 Å². The van der Waals surface area contributed by atoms with E-state index in [1.807, 2.05) is 42.5 Å². The van der Waals surface area contributed by atoms with Gasteiger partial charge in [-0.3, -0.25) is 4.79 Å². The highest BCUT2D eigenvalue weighted by molar-refractivity contribution is 7.89. The average Bonchev–Trinajstić information content (AvgIpc) is 2.82. The Bertz CT molecular complexity index is 1160. The first-order valence-electron chi connectivity index (χ1n) is 10.5. The van der Waals surface area contributed by atoms with E-state index >= 15 is 0 Å². The van der Waals surface area contributed by atoms with Gasteiger partial charge in [0.05, 0.1) is 11.0 Å². The van der Waals surface area contributed by atoms with Crippen molar-refractivity contribution in [1.29, 1.82) is 0 Å². The third-order valence-corrected chi connectivity index (χ3v) is 7.62. The van der Waals surface area contributed by atoms with Gasteiger partial charge in [-0.15, -0.1) is 0 Å². The molecule has 2 N–H and O–H groups in total. The Labute approximate surface area is 182 Å². The van der Waals surface area contributed by atoms with Crippen LogP contribution in [0.15, 0.2) is 71.6 Å². The van der Waals surface area contributed by atoms with Crippen LogP contribution >= 0.6 is 0 Å². The number of piperidine rings is 1. The Balaban J connectivity index is 1.42. The molecule has 4 rings (SSSR count). The number of carbonyl (C=O) groups excluding carboxylic acids is 1. The summed E-state index contributed by atoms with van der Waals surface area (Å²) in [5.41, 5.74) is 1.10. The summed E-state index contributed by atoms with van der Waals surface area (Å²) in [7, 11) is -3.53. The molecular formula is C24H26N2O4S. The van der Waals surface area contributed by atoms with Crippen molar-refractivity contribution in [3.63, 3.8) is 0 Å². The Kier molecular flexibility index (Phi) is 6.36. The third kappa shape index (κ3) is 4.63. The molecule has 1 fully saturated rings. The van der Waals surface area contributed by atoms with Crippen LogP contribution in [0, 0.1) is 0 Å². The number of nitrogens with one attached hydrogen (secondary N) is 1. The lowest BCUT2D eigenvalue weighted by atomic mass is 10.0. The molecule has 7 heteroatoms. The zero-order valence-electron chi connectivity index (χ0n) is 17.2. The predicted molar refractivity (Wildman–Crippen MR) is 120 cm³/mol. The molecule has 0 spiro atoms. The minimum absolute atomic E-state index is 0.0562. The maximum Gasteiger partial charge on any atom is 0.251 e. The summed E-state index contributed by atoms with van der Waals surface area (Å²) in [5, 5.41) is 15.3. The van der Waals surface area contributed by atoms with E-state index in [9.17, 15) is 18.3 Å². The Morgan fingerprint density at radius 2 is 1.61 bits per heavy atom. The van der Waals surface area contributed by atoms with Crippen molar-refractivity contribution >= 4 is 26.7 Å². The van der Waals surface area contributed by atoms with Crippen LogP contribution < -0.4 is 5.32 Å². The molecule has 3 aromatic rings. The molecule has 1 amide bonds. The molecule has 0 radical (unpaired) electrons. The lowest BCUT2D eigenvalue weighted by molar-refractivity contribution is 0.0917. The zero-order chi connectivity index (χ0) is 21.8. The normalized spacial score (nSPS) is 16.2. The van der Waals surface area contributed by atoms with Crippen molar-refractivity contribution in [2.24, 2.45) is 0 Å². The number of hydrogen-bond donors (Lipinski definition) is 2. The number of hydrogen-bond acceptors (Lipinski definition) is 4. The van der Waals surface area contributed by atoms with Gasteiger partial charge < -0.3 is 10.4 Å². The number of benzene rings is 3. The van der Waals surface area contributed by atoms with Crippen molar-refractivity contribution in [2.45, 2.75) is 30.3 Å². The fourth-order valence-corrected chi connectivity index (χ4v) is 5.49. The quantitative estimate of drug-likeness (QED) is 0.617. The van der Waals surface area contributed by atoms with Crippen LogP contribution in [0.3, 0.4) is 0 Å². The number of fused-ring (bicyclic) bond motifs is 1. The second kappa shape index (κ2) is 9.18. The summed E-state index contributed by atoms with van der Waals surface area (Å²) in [6.45, 7) is 1.13. The van der Waals surface area contributed by atoms with Crippen LogP contribution in [0.25, 0.3) is 10.8 Å². The first-order chi connectivity index (χ1) is 15.0. The van der Waals surface area contributed by atoms with E-state index in [0.717, 1.165) is 35.6 Å². The Morgan fingerprint density at radius 3 is 2.35 bits per heavy atom. The first kappa shape index (κ1) is 21.5. The maximum absolute atomic E-state index is 12.7. The van der Waals surface area contributed by atoms with Crippen LogP contribution in [0.2, 0.25) is 0 Å². The van der Waals surface area contributed by atoms with E-state index in [-0.39, 0.29) is 17.3 Å². The van der Waals surface area contributed by atoms with E-state index < -0.39 is 16.1 Å². The standard InChI is InChI=1S/C24H26N2O4S/c27-23(22-10-6-8-18-7-2-3-9-21(18)22)17-25-24(28)19-11-13-20(14-12-19)31(29,30)26-15-4-1-5-16-26/h2-3,6-14,23,27H,1,4-5,15-17H2,(H,25,28). The molecule has 0 bridgehead atoms. The van der Waals surface area contributed by atoms with Crippen LogP contribution in [0.4, 0.5) is 0 Å². The van der Waals surface area contributed by atoms with Gasteiger partial charge in [0.1, 0.15) is 0 Å². The Morgan fingerprint density at radius 1 is 0.935 bits per heavy atom. The molecule has 0 saturated carbocycles. The number of aliphatic hydroxyl groups excluding tert-OH is 1. The van der Waals surface area contributed by atoms with Crippen molar-refractivity contribution < 1.29 is 18.3 Å². The number of carbonyl (C=O) groups is 1. The van der Waals surface area contributed by atoms with E-state index in [0.29, 0.717) is 18.7 Å². The number of nitrogens with zero attached hydrogens (tertiary/aromatic N) is 1. The monoisotopic (exact) mass is 438 g/mol. The third-order valence-electron chi connectivity index (χ3n) is 5.71. The maximum atomic E-state index is 12.7. The molecule has 1 unspecified atom stereocenters. The topological polar surface area (TPSA) is 86.7 Å². The van der Waals surface area contributed by atoms with Gasteiger partial charge in [0.2, 0.25) is 10.0 Å². The van der Waals surface area contributed by atoms with Crippen molar-refractivity contribution in [2.75, 3.05) is 19.6 Å². The summed E-state index contributed by atoms with van der Waals surface area (Å²) in [6.07, 6.45) is 1.95. The SMILES string of the molecule is O=C(NCC(O)c1cccc2ccccc12)c1ccc(S(=O)(=O)N2CCCCC2)cc1. The molecule has 0 aliphatic carbocycles. The predicted octanol–water partition coefficient (Wildman–Crippen LogP) is 3.48. The van der Waals surface area contributed by atoms with Crippen molar-refractivity contribution in [1.82, 2.24) is 9.62 Å². The molecule has 3 aromatic carbocycles. The number of sulfonamides is 1. The summed E-state index contributed by atoms with van der Waals surface area (Å²) >= 11 is 0. The van der Waals surface area contributed by atoms with Gasteiger partial charge in [-0.2, -0.15) is 4.31 Å². The Hall–Kier alpha value is -2.74. The van der Waals surface area contributed by atoms with Gasteiger partial charge in [0.15, 0.2) is 0 Å². The average molecular weight is 439 g/mol. The molecule has 1 atom stereocenters. The van der Waals surface area contributed by atoms with E-state index in [4.69, 9.17) is 0 Å². The fraction of sp³-hybridized carbons (Fsp3) is 0.292. The van der Waals surface area contributed by atoms with E-state index in [2.05, 4.69) is 5.32 Å². The largest absolute Gasteiger partial charge is 0.387 e. The summed E-state index contributed by atoms with van der Waals surface area (Å²) in [5.74, 6) is -0.360. The van der Waals surface area contributed by atoms with Gasteiger partial charge in [-0.1, -0.05) is 48.9 Å². The second-order valence-corrected chi connectivity index (χ2v) is 9.72. The van der Waals surface area contributed by atoms with Gasteiger partial charge in [0, 0.05) is 25.2 Å². The van der Waals surface area contributed by atoms with Gasteiger partial charge >= 0.3 is 0 Å². The lowest BCUT2D eigenvalue weighted by Crippen LogP contribution is -2.35. The number of rotatable bonds is 6. The van der Waals surface area contributed by atoms with Crippen LogP contribution in [-0.4, -0.2) is 43.4 Å². The summed E-state index contributed by atoms with van der Waals surface area (Å²) in [6, 6.07) is 19.4. The van der Waals surface area contributed by atoms with Gasteiger partial charge in [0.25, 0.3) is 5.91 Å². The van der Waals surface area contributed by atoms with Crippen LogP contribution in [0.5, 0.6) is 0 Å². The summed E-state index contributed by atoms with van der Waals surface area (Å²) < 4.78 is 27.0. The lowest BCUT2D eigenvalue weighted by Gasteiger charge is -2.25. The number of aliphatic hydroxyl groups is 1. The van der Waals surface area contributed by atoms with E-state index in [1.54, 1.807) is 0 Å². The molecule has 6 nitrogen and oxygen atoms in total. The summed E-state index contributed by atoms with van der Waals surface area (Å²) in [4.78, 5) is 12.7. The highest BCUT2D eigenvalue weighted by Gasteiger charge is 2.26. The molecule has 1 heterocycles. The van der Waals surface area contributed by atoms with E-state index in [1.165, 1.54) is 28.6 Å². The minimum atomic E-state index is -3.53. The highest BCUT2D eigenvalue weighted by Crippen LogP contribution is 2.24. The molecule has 1 saturated heterocycles. The highest BCUT2D eigenvalue weighted by atomic mass is 32.2. The molecule has 0 aromatic heterocycles. The van der Waals surface area contributed by atoms with Gasteiger partial charge in [-0.25, -0.2) is 8.42 Å². The fourth-order valence-electron chi connectivity index (χ4n) is 3.98. The molecule has 1 aliphatic heterocycles.